The molecular formula is C14H11Cl2N5O2. The highest BCUT2D eigenvalue weighted by molar-refractivity contribution is 6.42. The summed E-state index contributed by atoms with van der Waals surface area (Å²) < 4.78 is 2.19. The Labute approximate surface area is 140 Å². The molecule has 0 spiro atoms. The van der Waals surface area contributed by atoms with Gasteiger partial charge in [-0.1, -0.05) is 29.3 Å². The lowest BCUT2D eigenvalue weighted by Gasteiger charge is -2.06. The Hall–Kier alpha value is -2.38. The van der Waals surface area contributed by atoms with E-state index in [2.05, 4.69) is 15.5 Å². The first-order valence-corrected chi connectivity index (χ1v) is 7.42. The van der Waals surface area contributed by atoms with Crippen molar-refractivity contribution >= 4 is 34.8 Å². The second-order valence-corrected chi connectivity index (χ2v) is 5.57. The number of nitrogens with one attached hydrogen (secondary N) is 1. The summed E-state index contributed by atoms with van der Waals surface area (Å²) in [5.41, 5.74) is 0.719. The fraction of sp³-hybridized carbons (Fsp3) is 0.143. The molecule has 9 heteroatoms. The third-order valence-electron chi connectivity index (χ3n) is 3.12. The van der Waals surface area contributed by atoms with Crippen molar-refractivity contribution in [1.29, 1.82) is 0 Å². The van der Waals surface area contributed by atoms with Crippen LogP contribution in [0.4, 0.5) is 0 Å². The summed E-state index contributed by atoms with van der Waals surface area (Å²) in [5.74, 6) is -0.346. The van der Waals surface area contributed by atoms with Crippen LogP contribution in [0.25, 0.3) is 5.65 Å². The van der Waals surface area contributed by atoms with Gasteiger partial charge in [-0.15, -0.1) is 5.10 Å². The highest BCUT2D eigenvalue weighted by Gasteiger charge is 2.11. The molecule has 0 aliphatic heterocycles. The van der Waals surface area contributed by atoms with E-state index in [0.29, 0.717) is 15.7 Å². The Balaban J connectivity index is 1.67. The van der Waals surface area contributed by atoms with E-state index in [4.69, 9.17) is 23.2 Å². The molecule has 0 radical (unpaired) electrons. The van der Waals surface area contributed by atoms with E-state index in [0.717, 1.165) is 14.8 Å². The molecule has 0 atom stereocenters. The average molecular weight is 352 g/mol. The lowest BCUT2D eigenvalue weighted by atomic mass is 10.2. The van der Waals surface area contributed by atoms with E-state index in [1.165, 1.54) is 6.20 Å². The normalized spacial score (nSPS) is 10.9. The Morgan fingerprint density at radius 3 is 2.78 bits per heavy atom. The number of hydrogen-bond donors (Lipinski definition) is 1. The van der Waals surface area contributed by atoms with Crippen LogP contribution in [-0.4, -0.2) is 25.3 Å². The summed E-state index contributed by atoms with van der Waals surface area (Å²) in [6.07, 6.45) is 1.48. The minimum atomic E-state index is -0.467. The van der Waals surface area contributed by atoms with Gasteiger partial charge in [0.25, 0.3) is 0 Å². The van der Waals surface area contributed by atoms with Crippen molar-refractivity contribution in [2.45, 2.75) is 13.1 Å². The Morgan fingerprint density at radius 2 is 2.04 bits per heavy atom. The molecule has 0 saturated heterocycles. The maximum Gasteiger partial charge on any atom is 0.367 e. The molecule has 0 fully saturated rings. The summed E-state index contributed by atoms with van der Waals surface area (Å²) in [4.78, 5) is 24.0. The highest BCUT2D eigenvalue weighted by atomic mass is 35.5. The van der Waals surface area contributed by atoms with Crippen LogP contribution in [0, 0.1) is 0 Å². The largest absolute Gasteiger partial charge is 0.367 e. The van der Waals surface area contributed by atoms with Gasteiger partial charge in [0, 0.05) is 12.7 Å². The number of aromatic nitrogens is 4. The molecule has 0 aliphatic carbocycles. The number of halogens is 2. The molecular weight excluding hydrogens is 341 g/mol. The van der Waals surface area contributed by atoms with E-state index >= 15 is 0 Å². The first kappa shape index (κ1) is 15.5. The van der Waals surface area contributed by atoms with Crippen molar-refractivity contribution in [1.82, 2.24) is 24.7 Å². The first-order chi connectivity index (χ1) is 11.0. The second-order valence-electron chi connectivity index (χ2n) is 4.76. The smallest absolute Gasteiger partial charge is 0.350 e. The zero-order valence-electron chi connectivity index (χ0n) is 11.7. The maximum atomic E-state index is 12.0. The molecule has 0 unspecified atom stereocenters. The predicted molar refractivity (Wildman–Crippen MR) is 85.6 cm³/mol. The number of fused-ring (bicyclic) bond motifs is 1. The van der Waals surface area contributed by atoms with E-state index in [9.17, 15) is 9.59 Å². The van der Waals surface area contributed by atoms with Crippen LogP contribution in [0.1, 0.15) is 5.56 Å². The molecule has 23 heavy (non-hydrogen) atoms. The van der Waals surface area contributed by atoms with Crippen LogP contribution in [0.15, 0.2) is 41.3 Å². The van der Waals surface area contributed by atoms with E-state index in [1.54, 1.807) is 30.3 Å². The summed E-state index contributed by atoms with van der Waals surface area (Å²) >= 11 is 11.7. The minimum Gasteiger partial charge on any atom is -0.350 e. The minimum absolute atomic E-state index is 0.191. The number of carbonyl (C=O) groups is 1. The monoisotopic (exact) mass is 351 g/mol. The third kappa shape index (κ3) is 3.35. The van der Waals surface area contributed by atoms with Crippen LogP contribution in [0.2, 0.25) is 10.0 Å². The Kier molecular flexibility index (Phi) is 4.31. The van der Waals surface area contributed by atoms with Gasteiger partial charge < -0.3 is 5.32 Å². The lowest BCUT2D eigenvalue weighted by Crippen LogP contribution is -2.32. The van der Waals surface area contributed by atoms with Gasteiger partial charge in [-0.05, 0) is 29.8 Å². The van der Waals surface area contributed by atoms with Gasteiger partial charge in [-0.25, -0.2) is 9.48 Å². The summed E-state index contributed by atoms with van der Waals surface area (Å²) in [7, 11) is 0. The standard InChI is InChI=1S/C14H11Cl2N5O2/c15-10-4-3-9(6-11(10)16)7-17-13(22)8-20-14(23)21-12(19-20)2-1-5-18-21/h1-6H,7-8H2,(H,17,22). The maximum absolute atomic E-state index is 12.0. The van der Waals surface area contributed by atoms with Crippen LogP contribution in [0.3, 0.4) is 0 Å². The summed E-state index contributed by atoms with van der Waals surface area (Å²) in [6, 6.07) is 8.39. The lowest BCUT2D eigenvalue weighted by molar-refractivity contribution is -0.122. The highest BCUT2D eigenvalue weighted by Crippen LogP contribution is 2.22. The first-order valence-electron chi connectivity index (χ1n) is 6.66. The van der Waals surface area contributed by atoms with Gasteiger partial charge >= 0.3 is 5.69 Å². The SMILES string of the molecule is O=C(Cn1nc2cccnn2c1=O)NCc1ccc(Cl)c(Cl)c1. The second kappa shape index (κ2) is 6.39. The van der Waals surface area contributed by atoms with Crippen molar-refractivity contribution in [3.05, 3.63) is 62.6 Å². The molecule has 1 N–H and O–H groups in total. The van der Waals surface area contributed by atoms with Gasteiger partial charge in [0.2, 0.25) is 5.91 Å². The van der Waals surface area contributed by atoms with Gasteiger partial charge in [0.15, 0.2) is 5.65 Å². The van der Waals surface area contributed by atoms with Crippen molar-refractivity contribution < 1.29 is 4.79 Å². The molecule has 2 aromatic heterocycles. The molecule has 118 valence electrons. The van der Waals surface area contributed by atoms with Crippen molar-refractivity contribution in [3.63, 3.8) is 0 Å². The van der Waals surface area contributed by atoms with Gasteiger partial charge in [-0.2, -0.15) is 9.61 Å². The number of amides is 1. The molecule has 3 rings (SSSR count). The molecule has 0 bridgehead atoms. The van der Waals surface area contributed by atoms with Crippen LogP contribution < -0.4 is 11.0 Å². The molecule has 0 aliphatic rings. The fourth-order valence-corrected chi connectivity index (χ4v) is 2.33. The van der Waals surface area contributed by atoms with E-state index in [1.807, 2.05) is 0 Å². The predicted octanol–water partition coefficient (Wildman–Crippen LogP) is 1.51. The molecule has 1 amide bonds. The molecule has 2 heterocycles. The quantitative estimate of drug-likeness (QED) is 0.772. The summed E-state index contributed by atoms with van der Waals surface area (Å²) in [5, 5.41) is 11.5. The van der Waals surface area contributed by atoms with Crippen LogP contribution in [0.5, 0.6) is 0 Å². The number of hydrogen-bond acceptors (Lipinski definition) is 4. The van der Waals surface area contributed by atoms with Gasteiger partial charge in [0.05, 0.1) is 10.0 Å². The van der Waals surface area contributed by atoms with Crippen molar-refractivity contribution in [2.75, 3.05) is 0 Å². The van der Waals surface area contributed by atoms with Crippen molar-refractivity contribution in [2.24, 2.45) is 0 Å². The fourth-order valence-electron chi connectivity index (χ4n) is 2.01. The zero-order valence-corrected chi connectivity index (χ0v) is 13.3. The number of rotatable bonds is 4. The van der Waals surface area contributed by atoms with Crippen LogP contribution in [-0.2, 0) is 17.9 Å². The number of nitrogens with zero attached hydrogens (tertiary/aromatic N) is 4. The Bertz CT molecular complexity index is 934. The summed E-state index contributed by atoms with van der Waals surface area (Å²) in [6.45, 7) is 0.0829. The molecule has 3 aromatic rings. The van der Waals surface area contributed by atoms with E-state index < -0.39 is 5.69 Å². The topological polar surface area (TPSA) is 81.3 Å². The molecule has 7 nitrogen and oxygen atoms in total. The third-order valence-corrected chi connectivity index (χ3v) is 3.86. The Morgan fingerprint density at radius 1 is 1.22 bits per heavy atom. The van der Waals surface area contributed by atoms with E-state index in [-0.39, 0.29) is 19.0 Å². The molecule has 1 aromatic carbocycles. The van der Waals surface area contributed by atoms with Gasteiger partial charge in [-0.3, -0.25) is 4.79 Å². The average Bonchev–Trinajstić information content (AvgIpc) is 2.85. The number of carbonyl (C=O) groups excluding carboxylic acids is 1. The number of benzene rings is 1. The van der Waals surface area contributed by atoms with Crippen molar-refractivity contribution in [3.8, 4) is 0 Å². The molecule has 0 saturated carbocycles. The zero-order chi connectivity index (χ0) is 16.4. The van der Waals surface area contributed by atoms with Crippen LogP contribution >= 0.6 is 23.2 Å². The van der Waals surface area contributed by atoms with Gasteiger partial charge in [0.1, 0.15) is 6.54 Å².